The molecule has 1 amide bonds. The predicted molar refractivity (Wildman–Crippen MR) is 183 cm³/mol. The highest BCUT2D eigenvalue weighted by Gasteiger charge is 2.41. The number of amides is 1. The number of phenols is 2. The van der Waals surface area contributed by atoms with Gasteiger partial charge in [0.25, 0.3) is 0 Å². The van der Waals surface area contributed by atoms with Crippen molar-refractivity contribution in [3.8, 4) is 17.2 Å². The maximum absolute atomic E-state index is 13.1. The molecule has 0 spiro atoms. The van der Waals surface area contributed by atoms with Gasteiger partial charge in [0, 0.05) is 43.4 Å². The molecule has 2 aromatic rings. The zero-order valence-electron chi connectivity index (χ0n) is 29.1. The van der Waals surface area contributed by atoms with Crippen LogP contribution >= 0.6 is 0 Å². The van der Waals surface area contributed by atoms with Crippen LogP contribution in [0.25, 0.3) is 0 Å². The first-order valence-electron chi connectivity index (χ1n) is 16.8. The van der Waals surface area contributed by atoms with Gasteiger partial charge in [0.15, 0.2) is 11.6 Å². The Balaban J connectivity index is 0.000000268. The monoisotopic (exact) mass is 699 g/mol. The van der Waals surface area contributed by atoms with Crippen LogP contribution in [0.4, 0.5) is 4.79 Å². The zero-order chi connectivity index (χ0) is 37.0. The van der Waals surface area contributed by atoms with Crippen LogP contribution in [-0.4, -0.2) is 102 Å². The van der Waals surface area contributed by atoms with Gasteiger partial charge in [-0.3, -0.25) is 14.4 Å². The van der Waals surface area contributed by atoms with Gasteiger partial charge in [-0.2, -0.15) is 0 Å². The molecule has 5 rings (SSSR count). The number of hydrogen-bond acceptors (Lipinski definition) is 12. The van der Waals surface area contributed by atoms with E-state index in [1.165, 1.54) is 19.6 Å². The minimum absolute atomic E-state index is 0.0568. The van der Waals surface area contributed by atoms with Crippen molar-refractivity contribution in [3.05, 3.63) is 63.7 Å². The predicted octanol–water partition coefficient (Wildman–Crippen LogP) is 3.54. The Labute approximate surface area is 291 Å². The summed E-state index contributed by atoms with van der Waals surface area (Å²) in [4.78, 5) is 49.8. The van der Waals surface area contributed by atoms with Crippen LogP contribution < -0.4 is 10.1 Å². The van der Waals surface area contributed by atoms with Crippen molar-refractivity contribution in [2.24, 2.45) is 5.92 Å². The normalized spacial score (nSPS) is 19.6. The third-order valence-corrected chi connectivity index (χ3v) is 8.93. The second-order valence-corrected chi connectivity index (χ2v) is 12.4. The number of rotatable bonds is 8. The molecule has 3 aliphatic carbocycles. The number of allylic oxidation sites excluding steroid dienone is 1. The molecule has 0 bridgehead atoms. The lowest BCUT2D eigenvalue weighted by Crippen LogP contribution is -2.43. The number of hydrogen-bond donors (Lipinski definition) is 6. The number of aromatic hydroxyl groups is 2. The molecule has 4 unspecified atom stereocenters. The van der Waals surface area contributed by atoms with Crippen LogP contribution in [0.15, 0.2) is 30.4 Å². The number of carbonyl (C=O) groups is 4. The highest BCUT2D eigenvalue weighted by Crippen LogP contribution is 2.47. The van der Waals surface area contributed by atoms with Crippen LogP contribution in [0.3, 0.4) is 0 Å². The number of ketones is 3. The quantitative estimate of drug-likeness (QED) is 0.147. The van der Waals surface area contributed by atoms with Crippen molar-refractivity contribution in [1.29, 1.82) is 0 Å². The number of methoxy groups -OCH3 is 2. The summed E-state index contributed by atoms with van der Waals surface area (Å²) in [5, 5.41) is 51.7. The number of fused-ring (bicyclic) bond motifs is 3. The largest absolute Gasteiger partial charge is 0.507 e. The Morgan fingerprint density at radius 3 is 2.26 bits per heavy atom. The van der Waals surface area contributed by atoms with Crippen LogP contribution in [0.1, 0.15) is 94.8 Å². The standard InChI is InChI=1S/C21H18O7.C14H25NO4.C2H6O/c1-28-14-4-2-3-11-15(14)21(27)17-16(19(11)25)20(26)12-7-9(13(23)8-22)5-6-10(12)18(17)24;1-11(17)13(9-10-16)15-14(18)19-12-7-5-3-2-4-6-8-12;1-3-2/h2-4,9,22,24,26H,5-8H2,1H3;5,7,11-13,16-17H,2-4,6,8-10H2,1H3,(H,15,18);1-2H3/b;7-5+;. The van der Waals surface area contributed by atoms with Crippen LogP contribution in [0.5, 0.6) is 17.2 Å². The van der Waals surface area contributed by atoms with Crippen molar-refractivity contribution < 1.29 is 58.9 Å². The first-order chi connectivity index (χ1) is 23.9. The molecular weight excluding hydrogens is 650 g/mol. The number of aliphatic hydroxyl groups excluding tert-OH is 3. The number of ether oxygens (including phenoxy) is 3. The summed E-state index contributed by atoms with van der Waals surface area (Å²) in [6.45, 7) is 0.887. The Bertz CT molecular complexity index is 1550. The summed E-state index contributed by atoms with van der Waals surface area (Å²) in [6, 6.07) is 4.11. The van der Waals surface area contributed by atoms with Gasteiger partial charge in [-0.25, -0.2) is 4.79 Å². The van der Waals surface area contributed by atoms with Gasteiger partial charge in [0.2, 0.25) is 5.78 Å². The first kappa shape index (κ1) is 40.1. The average molecular weight is 700 g/mol. The topological polar surface area (TPSA) is 209 Å². The minimum atomic E-state index is -0.715. The van der Waals surface area contributed by atoms with E-state index in [0.717, 1.165) is 25.7 Å². The summed E-state index contributed by atoms with van der Waals surface area (Å²) in [7, 11) is 4.63. The van der Waals surface area contributed by atoms with E-state index in [2.05, 4.69) is 16.1 Å². The van der Waals surface area contributed by atoms with E-state index in [4.69, 9.17) is 19.7 Å². The van der Waals surface area contributed by atoms with E-state index in [0.29, 0.717) is 18.4 Å². The van der Waals surface area contributed by atoms with Crippen LogP contribution in [0, 0.1) is 5.92 Å². The van der Waals surface area contributed by atoms with Crippen LogP contribution in [0.2, 0.25) is 0 Å². The summed E-state index contributed by atoms with van der Waals surface area (Å²) < 4.78 is 14.8. The molecule has 0 saturated carbocycles. The molecule has 0 fully saturated rings. The molecule has 274 valence electrons. The molecular formula is C37H49NO12. The molecule has 0 aromatic heterocycles. The van der Waals surface area contributed by atoms with E-state index in [9.17, 15) is 34.5 Å². The summed E-state index contributed by atoms with van der Waals surface area (Å²) in [6.07, 6.45) is 8.85. The molecule has 0 heterocycles. The molecule has 6 N–H and O–H groups in total. The molecule has 3 aliphatic rings. The lowest BCUT2D eigenvalue weighted by Gasteiger charge is -2.29. The fourth-order valence-electron chi connectivity index (χ4n) is 6.33. The number of nitrogens with one attached hydrogen (secondary N) is 1. The van der Waals surface area contributed by atoms with Gasteiger partial charge >= 0.3 is 6.09 Å². The van der Waals surface area contributed by atoms with E-state index in [-0.39, 0.29) is 76.4 Å². The van der Waals surface area contributed by atoms with Gasteiger partial charge < -0.3 is 45.1 Å². The SMILES string of the molecule is CC(O)C(CCO)NC(=O)OC1/C=C/CCCCC1.COC.COc1cccc2c1C(=O)c1c(O)c3c(c(O)c1C2=O)CC(C(=O)CO)CC3. The van der Waals surface area contributed by atoms with Gasteiger partial charge in [0.1, 0.15) is 30.0 Å². The van der Waals surface area contributed by atoms with Gasteiger partial charge in [-0.05, 0) is 70.4 Å². The molecule has 13 nitrogen and oxygen atoms in total. The molecule has 0 saturated heterocycles. The molecule has 4 atom stereocenters. The van der Waals surface area contributed by atoms with Crippen molar-refractivity contribution in [1.82, 2.24) is 5.32 Å². The number of benzene rings is 2. The second-order valence-electron chi connectivity index (χ2n) is 12.4. The van der Waals surface area contributed by atoms with Crippen molar-refractivity contribution in [3.63, 3.8) is 0 Å². The smallest absolute Gasteiger partial charge is 0.408 e. The lowest BCUT2D eigenvalue weighted by molar-refractivity contribution is -0.126. The van der Waals surface area contributed by atoms with Crippen LogP contribution in [-0.2, 0) is 27.1 Å². The highest BCUT2D eigenvalue weighted by atomic mass is 16.6. The fraction of sp³-hybridized carbons (Fsp3) is 0.514. The summed E-state index contributed by atoms with van der Waals surface area (Å²) >= 11 is 0. The highest BCUT2D eigenvalue weighted by molar-refractivity contribution is 6.31. The van der Waals surface area contributed by atoms with E-state index in [1.54, 1.807) is 33.3 Å². The van der Waals surface area contributed by atoms with E-state index >= 15 is 0 Å². The lowest BCUT2D eigenvalue weighted by atomic mass is 9.75. The van der Waals surface area contributed by atoms with Gasteiger partial charge in [0.05, 0.1) is 35.9 Å². The van der Waals surface area contributed by atoms with Gasteiger partial charge in [-0.15, -0.1) is 0 Å². The Morgan fingerprint density at radius 2 is 1.62 bits per heavy atom. The maximum atomic E-state index is 13.1. The third-order valence-electron chi connectivity index (χ3n) is 8.93. The van der Waals surface area contributed by atoms with Crippen molar-refractivity contribution in [2.45, 2.75) is 83.0 Å². The number of carbonyl (C=O) groups excluding carboxylic acids is 4. The van der Waals surface area contributed by atoms with Crippen molar-refractivity contribution >= 4 is 23.4 Å². The van der Waals surface area contributed by atoms with Crippen molar-refractivity contribution in [2.75, 3.05) is 34.5 Å². The molecule has 13 heteroatoms. The third kappa shape index (κ3) is 9.48. The molecule has 0 radical (unpaired) electrons. The van der Waals surface area contributed by atoms with E-state index < -0.39 is 42.3 Å². The molecule has 2 aromatic carbocycles. The summed E-state index contributed by atoms with van der Waals surface area (Å²) in [5.41, 5.74) is 0.301. The maximum Gasteiger partial charge on any atom is 0.408 e. The minimum Gasteiger partial charge on any atom is -0.507 e. The summed E-state index contributed by atoms with van der Waals surface area (Å²) in [5.74, 6) is -2.56. The Hall–Kier alpha value is -4.30. The number of aliphatic hydroxyl groups is 3. The molecule has 50 heavy (non-hydrogen) atoms. The molecule has 0 aliphatic heterocycles. The first-order valence-corrected chi connectivity index (χ1v) is 16.8. The fourth-order valence-corrected chi connectivity index (χ4v) is 6.33. The second kappa shape index (κ2) is 19.2. The number of alkyl carbamates (subject to hydrolysis) is 1. The van der Waals surface area contributed by atoms with E-state index in [1.807, 2.05) is 6.08 Å². The average Bonchev–Trinajstić information content (AvgIpc) is 3.09. The van der Waals surface area contributed by atoms with Gasteiger partial charge in [-0.1, -0.05) is 24.6 Å². The Kier molecular flexibility index (Phi) is 15.4. The number of Topliss-reactive ketones (excluding diaryl/α,β-unsaturated/α-hetero) is 1. The number of phenolic OH excluding ortho intramolecular Hbond substituents is 2. The zero-order valence-corrected chi connectivity index (χ0v) is 29.1. The Morgan fingerprint density at radius 1 is 0.940 bits per heavy atom.